The Bertz CT molecular complexity index is 485. The number of hydrogen-bond donors (Lipinski definition) is 1. The van der Waals surface area contributed by atoms with Crippen molar-refractivity contribution in [3.05, 3.63) is 11.7 Å². The highest BCUT2D eigenvalue weighted by Crippen LogP contribution is 2.11. The second-order valence-electron chi connectivity index (χ2n) is 4.22. The van der Waals surface area contributed by atoms with E-state index in [2.05, 4.69) is 15.5 Å². The summed E-state index contributed by atoms with van der Waals surface area (Å²) in [6.07, 6.45) is 0.641. The van der Waals surface area contributed by atoms with Gasteiger partial charge in [-0.05, 0) is 13.3 Å². The molecule has 2 rings (SSSR count). The Morgan fingerprint density at radius 1 is 1.56 bits per heavy atom. The van der Waals surface area contributed by atoms with Gasteiger partial charge in [0.25, 0.3) is 0 Å². The van der Waals surface area contributed by atoms with Crippen LogP contribution in [-0.4, -0.2) is 42.7 Å². The molecule has 2 heterocycles. The molecule has 1 aliphatic rings. The Balaban J connectivity index is 1.78. The van der Waals surface area contributed by atoms with Gasteiger partial charge in [-0.25, -0.2) is 8.42 Å². The molecule has 0 radical (unpaired) electrons. The third-order valence-corrected chi connectivity index (χ3v) is 4.49. The van der Waals surface area contributed by atoms with Gasteiger partial charge in [-0.15, -0.1) is 0 Å². The van der Waals surface area contributed by atoms with Crippen LogP contribution in [-0.2, 0) is 27.7 Å². The van der Waals surface area contributed by atoms with E-state index >= 15 is 0 Å². The number of rotatable bonds is 6. The van der Waals surface area contributed by atoms with Gasteiger partial charge in [0, 0.05) is 12.6 Å². The molecule has 0 spiro atoms. The Kier molecular flexibility index (Phi) is 4.31. The maximum absolute atomic E-state index is 11.3. The summed E-state index contributed by atoms with van der Waals surface area (Å²) in [5.74, 6) is 1.40. The molecule has 0 aromatic carbocycles. The third kappa shape index (κ3) is 3.76. The fourth-order valence-corrected chi connectivity index (χ4v) is 3.51. The molecule has 1 aromatic rings. The standard InChI is InChI=1S/C10H17N3O4S/c1-2-16-6-9-12-10(17-13-9)5-11-8-3-4-18(14,15)7-8/h8,11H,2-7H2,1H3. The number of ether oxygens (including phenoxy) is 1. The lowest BCUT2D eigenvalue weighted by Gasteiger charge is -2.07. The van der Waals surface area contributed by atoms with Crippen LogP contribution in [0.5, 0.6) is 0 Å². The molecule has 1 atom stereocenters. The summed E-state index contributed by atoms with van der Waals surface area (Å²) in [7, 11) is -2.86. The van der Waals surface area contributed by atoms with Crippen molar-refractivity contribution in [2.75, 3.05) is 18.1 Å². The van der Waals surface area contributed by atoms with E-state index < -0.39 is 9.84 Å². The average Bonchev–Trinajstić information content (AvgIpc) is 2.90. The highest BCUT2D eigenvalue weighted by Gasteiger charge is 2.27. The summed E-state index contributed by atoms with van der Waals surface area (Å²) in [6.45, 7) is 3.21. The fourth-order valence-electron chi connectivity index (χ4n) is 1.80. The van der Waals surface area contributed by atoms with Crippen molar-refractivity contribution in [2.24, 2.45) is 0 Å². The minimum Gasteiger partial charge on any atom is -0.374 e. The van der Waals surface area contributed by atoms with Crippen LogP contribution in [0, 0.1) is 0 Å². The van der Waals surface area contributed by atoms with E-state index in [4.69, 9.17) is 9.26 Å². The summed E-state index contributed by atoms with van der Waals surface area (Å²) in [6, 6.07) is -0.0164. The van der Waals surface area contributed by atoms with Crippen molar-refractivity contribution >= 4 is 9.84 Å². The van der Waals surface area contributed by atoms with Crippen molar-refractivity contribution in [1.29, 1.82) is 0 Å². The molecule has 1 fully saturated rings. The second-order valence-corrected chi connectivity index (χ2v) is 6.45. The van der Waals surface area contributed by atoms with Crippen LogP contribution in [0.1, 0.15) is 25.1 Å². The molecule has 102 valence electrons. The maximum atomic E-state index is 11.3. The zero-order valence-corrected chi connectivity index (χ0v) is 11.1. The van der Waals surface area contributed by atoms with Gasteiger partial charge in [-0.2, -0.15) is 4.98 Å². The van der Waals surface area contributed by atoms with E-state index in [1.54, 1.807) is 0 Å². The van der Waals surface area contributed by atoms with Crippen molar-refractivity contribution in [2.45, 2.75) is 32.5 Å². The van der Waals surface area contributed by atoms with Crippen molar-refractivity contribution in [3.63, 3.8) is 0 Å². The molecule has 7 nitrogen and oxygen atoms in total. The zero-order valence-electron chi connectivity index (χ0n) is 10.3. The van der Waals surface area contributed by atoms with Crippen LogP contribution < -0.4 is 5.32 Å². The van der Waals surface area contributed by atoms with Gasteiger partial charge < -0.3 is 14.6 Å². The summed E-state index contributed by atoms with van der Waals surface area (Å²) >= 11 is 0. The molecule has 0 amide bonds. The van der Waals surface area contributed by atoms with Gasteiger partial charge in [0.1, 0.15) is 6.61 Å². The van der Waals surface area contributed by atoms with Crippen LogP contribution in [0.15, 0.2) is 4.52 Å². The summed E-state index contributed by atoms with van der Waals surface area (Å²) in [5, 5.41) is 6.86. The molecular weight excluding hydrogens is 258 g/mol. The van der Waals surface area contributed by atoms with E-state index in [9.17, 15) is 8.42 Å². The first-order chi connectivity index (χ1) is 8.59. The first-order valence-corrected chi connectivity index (χ1v) is 7.74. The number of sulfone groups is 1. The third-order valence-electron chi connectivity index (χ3n) is 2.72. The van der Waals surface area contributed by atoms with Gasteiger partial charge in [-0.1, -0.05) is 5.16 Å². The highest BCUT2D eigenvalue weighted by atomic mass is 32.2. The van der Waals surface area contributed by atoms with E-state index in [1.807, 2.05) is 6.92 Å². The molecule has 1 N–H and O–H groups in total. The van der Waals surface area contributed by atoms with Crippen molar-refractivity contribution < 1.29 is 17.7 Å². The van der Waals surface area contributed by atoms with Gasteiger partial charge in [-0.3, -0.25) is 0 Å². The lowest BCUT2D eigenvalue weighted by atomic mass is 10.3. The first kappa shape index (κ1) is 13.4. The van der Waals surface area contributed by atoms with Gasteiger partial charge in [0.2, 0.25) is 5.89 Å². The van der Waals surface area contributed by atoms with Crippen molar-refractivity contribution in [1.82, 2.24) is 15.5 Å². The number of hydrogen-bond acceptors (Lipinski definition) is 7. The van der Waals surface area contributed by atoms with Crippen LogP contribution in [0.3, 0.4) is 0 Å². The lowest BCUT2D eigenvalue weighted by Crippen LogP contribution is -2.29. The molecule has 18 heavy (non-hydrogen) atoms. The van der Waals surface area contributed by atoms with E-state index in [0.717, 1.165) is 0 Å². The SMILES string of the molecule is CCOCc1noc(CNC2CCS(=O)(=O)C2)n1. The normalized spacial score (nSPS) is 22.4. The maximum Gasteiger partial charge on any atom is 0.240 e. The van der Waals surface area contributed by atoms with Gasteiger partial charge >= 0.3 is 0 Å². The average molecular weight is 275 g/mol. The van der Waals surface area contributed by atoms with E-state index in [0.29, 0.717) is 37.9 Å². The first-order valence-electron chi connectivity index (χ1n) is 5.92. The molecule has 0 bridgehead atoms. The molecule has 1 aromatic heterocycles. The molecule has 1 saturated heterocycles. The van der Waals surface area contributed by atoms with E-state index in [-0.39, 0.29) is 17.5 Å². The van der Waals surface area contributed by atoms with Crippen LogP contribution in [0.4, 0.5) is 0 Å². The molecule has 1 unspecified atom stereocenters. The smallest absolute Gasteiger partial charge is 0.240 e. The largest absolute Gasteiger partial charge is 0.374 e. The summed E-state index contributed by atoms with van der Waals surface area (Å²) in [5.41, 5.74) is 0. The Morgan fingerprint density at radius 3 is 3.06 bits per heavy atom. The van der Waals surface area contributed by atoms with Crippen LogP contribution in [0.2, 0.25) is 0 Å². The minimum atomic E-state index is -2.86. The molecular formula is C10H17N3O4S. The van der Waals surface area contributed by atoms with Gasteiger partial charge in [0.05, 0.1) is 18.1 Å². The zero-order chi connectivity index (χ0) is 13.0. The predicted octanol–water partition coefficient (Wildman–Crippen LogP) is -0.117. The lowest BCUT2D eigenvalue weighted by molar-refractivity contribution is 0.126. The molecule has 0 aliphatic carbocycles. The second kappa shape index (κ2) is 5.77. The minimum absolute atomic E-state index is 0.0164. The Morgan fingerprint density at radius 2 is 2.39 bits per heavy atom. The monoisotopic (exact) mass is 275 g/mol. The summed E-state index contributed by atoms with van der Waals surface area (Å²) in [4.78, 5) is 4.13. The molecule has 0 saturated carbocycles. The number of aromatic nitrogens is 2. The van der Waals surface area contributed by atoms with Crippen LogP contribution in [0.25, 0.3) is 0 Å². The van der Waals surface area contributed by atoms with E-state index in [1.165, 1.54) is 0 Å². The van der Waals surface area contributed by atoms with Gasteiger partial charge in [0.15, 0.2) is 15.7 Å². The molecule has 1 aliphatic heterocycles. The molecule has 8 heteroatoms. The Labute approximate surface area is 106 Å². The fraction of sp³-hybridized carbons (Fsp3) is 0.800. The quantitative estimate of drug-likeness (QED) is 0.773. The van der Waals surface area contributed by atoms with Crippen molar-refractivity contribution in [3.8, 4) is 0 Å². The number of nitrogens with zero attached hydrogens (tertiary/aromatic N) is 2. The summed E-state index contributed by atoms with van der Waals surface area (Å²) < 4.78 is 32.7. The number of nitrogens with one attached hydrogen (secondary N) is 1. The topological polar surface area (TPSA) is 94.3 Å². The van der Waals surface area contributed by atoms with Crippen LogP contribution >= 0.6 is 0 Å². The predicted molar refractivity (Wildman–Crippen MR) is 63.5 cm³/mol. The Hall–Kier alpha value is -0.990. The highest BCUT2D eigenvalue weighted by molar-refractivity contribution is 7.91.